The predicted octanol–water partition coefficient (Wildman–Crippen LogP) is 3.68. The summed E-state index contributed by atoms with van der Waals surface area (Å²) in [5, 5.41) is 0. The molecule has 2 rings (SSSR count). The summed E-state index contributed by atoms with van der Waals surface area (Å²) in [6.07, 6.45) is 7.41. The normalized spacial score (nSPS) is 22.4. The predicted molar refractivity (Wildman–Crippen MR) is 74.8 cm³/mol. The van der Waals surface area contributed by atoms with Gasteiger partial charge in [0.2, 0.25) is 0 Å². The van der Waals surface area contributed by atoms with E-state index in [1.807, 2.05) is 12.3 Å². The maximum absolute atomic E-state index is 6.50. The Morgan fingerprint density at radius 2 is 1.88 bits per heavy atom. The van der Waals surface area contributed by atoms with Gasteiger partial charge in [-0.2, -0.15) is 0 Å². The third kappa shape index (κ3) is 3.52. The van der Waals surface area contributed by atoms with Crippen molar-refractivity contribution >= 4 is 15.9 Å². The smallest absolute Gasteiger partial charge is 0.0422 e. The first-order valence-electron chi connectivity index (χ1n) is 6.28. The minimum atomic E-state index is -0.0453. The SMILES string of the molecule is CC1(C)CCC(N)(Cc2ccc(Br)cn2)CC1. The van der Waals surface area contributed by atoms with Crippen LogP contribution in [0.1, 0.15) is 45.2 Å². The molecule has 0 radical (unpaired) electrons. The third-order valence-corrected chi connectivity index (χ3v) is 4.39. The van der Waals surface area contributed by atoms with Crippen LogP contribution in [0.4, 0.5) is 0 Å². The molecule has 2 nitrogen and oxygen atoms in total. The maximum atomic E-state index is 6.50. The molecule has 0 unspecified atom stereocenters. The molecule has 0 aliphatic heterocycles. The first kappa shape index (κ1) is 13.0. The Labute approximate surface area is 112 Å². The molecule has 1 fully saturated rings. The molecule has 0 aromatic carbocycles. The first-order chi connectivity index (χ1) is 7.89. The van der Waals surface area contributed by atoms with Crippen molar-refractivity contribution in [3.05, 3.63) is 28.5 Å². The Morgan fingerprint density at radius 3 is 2.41 bits per heavy atom. The fourth-order valence-corrected chi connectivity index (χ4v) is 2.71. The average molecular weight is 297 g/mol. The van der Waals surface area contributed by atoms with E-state index in [0.717, 1.165) is 29.4 Å². The minimum absolute atomic E-state index is 0.0453. The summed E-state index contributed by atoms with van der Waals surface area (Å²) in [7, 11) is 0. The van der Waals surface area contributed by atoms with Crippen LogP contribution in [-0.4, -0.2) is 10.5 Å². The molecule has 17 heavy (non-hydrogen) atoms. The van der Waals surface area contributed by atoms with E-state index in [1.165, 1.54) is 12.8 Å². The van der Waals surface area contributed by atoms with Crippen LogP contribution in [0.3, 0.4) is 0 Å². The van der Waals surface area contributed by atoms with E-state index in [-0.39, 0.29) is 5.54 Å². The van der Waals surface area contributed by atoms with Gasteiger partial charge in [0.05, 0.1) is 0 Å². The second-order valence-corrected chi connectivity index (χ2v) is 7.09. The number of aromatic nitrogens is 1. The fourth-order valence-electron chi connectivity index (χ4n) is 2.47. The molecule has 1 heterocycles. The van der Waals surface area contributed by atoms with Gasteiger partial charge in [-0.15, -0.1) is 0 Å². The molecule has 94 valence electrons. The lowest BCUT2D eigenvalue weighted by Gasteiger charge is -2.41. The molecule has 1 aromatic heterocycles. The Hall–Kier alpha value is -0.410. The second kappa shape index (κ2) is 4.69. The Kier molecular flexibility index (Phi) is 3.60. The highest BCUT2D eigenvalue weighted by molar-refractivity contribution is 9.10. The Balaban J connectivity index is 2.01. The quantitative estimate of drug-likeness (QED) is 0.904. The Bertz CT molecular complexity index is 374. The summed E-state index contributed by atoms with van der Waals surface area (Å²) in [5.74, 6) is 0. The van der Waals surface area contributed by atoms with Crippen LogP contribution in [0.5, 0.6) is 0 Å². The largest absolute Gasteiger partial charge is 0.325 e. The molecule has 0 saturated heterocycles. The number of hydrogen-bond donors (Lipinski definition) is 1. The van der Waals surface area contributed by atoms with E-state index in [2.05, 4.69) is 40.8 Å². The van der Waals surface area contributed by atoms with Crippen LogP contribution in [0, 0.1) is 5.41 Å². The number of halogens is 1. The van der Waals surface area contributed by atoms with Gasteiger partial charge < -0.3 is 5.73 Å². The van der Waals surface area contributed by atoms with E-state index in [1.54, 1.807) is 0 Å². The summed E-state index contributed by atoms with van der Waals surface area (Å²) in [4.78, 5) is 4.43. The molecule has 2 N–H and O–H groups in total. The molecule has 0 amide bonds. The standard InChI is InChI=1S/C14H21BrN2/c1-13(2)5-7-14(16,8-6-13)9-12-4-3-11(15)10-17-12/h3-4,10H,5-9,16H2,1-2H3. The van der Waals surface area contributed by atoms with Gasteiger partial charge in [0.1, 0.15) is 0 Å². The minimum Gasteiger partial charge on any atom is -0.325 e. The number of nitrogens with two attached hydrogens (primary N) is 1. The zero-order valence-electron chi connectivity index (χ0n) is 10.7. The van der Waals surface area contributed by atoms with Crippen LogP contribution < -0.4 is 5.73 Å². The highest BCUT2D eigenvalue weighted by Gasteiger charge is 2.35. The van der Waals surface area contributed by atoms with Crippen LogP contribution in [0.15, 0.2) is 22.8 Å². The molecule has 3 heteroatoms. The summed E-state index contributed by atoms with van der Waals surface area (Å²) in [6, 6.07) is 4.11. The van der Waals surface area contributed by atoms with Gasteiger partial charge in [-0.1, -0.05) is 13.8 Å². The van der Waals surface area contributed by atoms with Crippen molar-refractivity contribution in [2.45, 2.75) is 51.5 Å². The van der Waals surface area contributed by atoms with Gasteiger partial charge in [0.25, 0.3) is 0 Å². The molecular formula is C14H21BrN2. The molecule has 1 aromatic rings. The first-order valence-corrected chi connectivity index (χ1v) is 7.07. The molecule has 1 aliphatic carbocycles. The average Bonchev–Trinajstić information content (AvgIpc) is 2.27. The summed E-state index contributed by atoms with van der Waals surface area (Å²) in [5.41, 5.74) is 8.03. The van der Waals surface area contributed by atoms with Crippen molar-refractivity contribution in [1.29, 1.82) is 0 Å². The lowest BCUT2D eigenvalue weighted by molar-refractivity contribution is 0.164. The van der Waals surface area contributed by atoms with Gasteiger partial charge in [-0.3, -0.25) is 4.98 Å². The highest BCUT2D eigenvalue weighted by Crippen LogP contribution is 2.40. The summed E-state index contributed by atoms with van der Waals surface area (Å²) in [6.45, 7) is 4.68. The summed E-state index contributed by atoms with van der Waals surface area (Å²) < 4.78 is 1.03. The molecule has 0 bridgehead atoms. The van der Waals surface area contributed by atoms with Crippen LogP contribution >= 0.6 is 15.9 Å². The van der Waals surface area contributed by atoms with E-state index in [4.69, 9.17) is 5.73 Å². The second-order valence-electron chi connectivity index (χ2n) is 6.17. The van der Waals surface area contributed by atoms with Crippen molar-refractivity contribution in [3.63, 3.8) is 0 Å². The van der Waals surface area contributed by atoms with E-state index < -0.39 is 0 Å². The third-order valence-electron chi connectivity index (χ3n) is 3.92. The van der Waals surface area contributed by atoms with Crippen molar-refractivity contribution in [3.8, 4) is 0 Å². The molecule has 0 atom stereocenters. The topological polar surface area (TPSA) is 38.9 Å². The van der Waals surface area contributed by atoms with Gasteiger partial charge >= 0.3 is 0 Å². The van der Waals surface area contributed by atoms with Gasteiger partial charge in [-0.05, 0) is 59.2 Å². The lowest BCUT2D eigenvalue weighted by Crippen LogP contribution is -2.47. The number of hydrogen-bond acceptors (Lipinski definition) is 2. The number of pyridine rings is 1. The van der Waals surface area contributed by atoms with E-state index in [9.17, 15) is 0 Å². The van der Waals surface area contributed by atoms with Gasteiger partial charge in [0, 0.05) is 28.3 Å². The van der Waals surface area contributed by atoms with Gasteiger partial charge in [-0.25, -0.2) is 0 Å². The molecule has 1 saturated carbocycles. The van der Waals surface area contributed by atoms with E-state index in [0.29, 0.717) is 5.41 Å². The van der Waals surface area contributed by atoms with E-state index >= 15 is 0 Å². The van der Waals surface area contributed by atoms with Crippen molar-refractivity contribution in [2.24, 2.45) is 11.1 Å². The van der Waals surface area contributed by atoms with Crippen LogP contribution in [0.25, 0.3) is 0 Å². The van der Waals surface area contributed by atoms with Crippen molar-refractivity contribution in [1.82, 2.24) is 4.98 Å². The number of nitrogens with zero attached hydrogens (tertiary/aromatic N) is 1. The van der Waals surface area contributed by atoms with Gasteiger partial charge in [0.15, 0.2) is 0 Å². The highest BCUT2D eigenvalue weighted by atomic mass is 79.9. The van der Waals surface area contributed by atoms with Crippen LogP contribution in [0.2, 0.25) is 0 Å². The van der Waals surface area contributed by atoms with Crippen molar-refractivity contribution in [2.75, 3.05) is 0 Å². The molecule has 0 spiro atoms. The van der Waals surface area contributed by atoms with Crippen LogP contribution in [-0.2, 0) is 6.42 Å². The molecular weight excluding hydrogens is 276 g/mol. The van der Waals surface area contributed by atoms with Crippen molar-refractivity contribution < 1.29 is 0 Å². The molecule has 1 aliphatic rings. The zero-order valence-corrected chi connectivity index (χ0v) is 12.3. The number of rotatable bonds is 2. The zero-order chi connectivity index (χ0) is 12.5. The Morgan fingerprint density at radius 1 is 1.24 bits per heavy atom. The monoisotopic (exact) mass is 296 g/mol. The maximum Gasteiger partial charge on any atom is 0.0422 e. The lowest BCUT2D eigenvalue weighted by atomic mass is 9.68. The fraction of sp³-hybridized carbons (Fsp3) is 0.643. The summed E-state index contributed by atoms with van der Waals surface area (Å²) >= 11 is 3.41.